The molecule has 1 N–H and O–H groups in total. The first-order valence-corrected chi connectivity index (χ1v) is 8.07. The summed E-state index contributed by atoms with van der Waals surface area (Å²) in [6.07, 6.45) is 0.274. The number of benzene rings is 2. The van der Waals surface area contributed by atoms with E-state index in [-0.39, 0.29) is 18.1 Å². The molecule has 0 radical (unpaired) electrons. The van der Waals surface area contributed by atoms with Crippen molar-refractivity contribution < 1.29 is 18.0 Å². The van der Waals surface area contributed by atoms with Crippen LogP contribution in [0, 0.1) is 17.5 Å². The molecule has 0 heterocycles. The van der Waals surface area contributed by atoms with Gasteiger partial charge in [0, 0.05) is 17.1 Å². The number of carbonyl (C=O) groups is 1. The lowest BCUT2D eigenvalue weighted by atomic mass is 10.1. The number of halogens is 3. The number of hydrogen-bond acceptors (Lipinski definition) is 2. The fraction of sp³-hybridized carbons (Fsp3) is 0.235. The Morgan fingerprint density at radius 1 is 1.09 bits per heavy atom. The zero-order valence-electron chi connectivity index (χ0n) is 12.5. The SMILES string of the molecule is CC(NC(=O)CCSc1ccc(F)cc1)c1ccc(F)c(F)c1. The van der Waals surface area contributed by atoms with E-state index in [1.807, 2.05) is 0 Å². The first kappa shape index (κ1) is 17.4. The van der Waals surface area contributed by atoms with E-state index < -0.39 is 17.7 Å². The first-order valence-electron chi connectivity index (χ1n) is 7.08. The number of hydrogen-bond donors (Lipinski definition) is 1. The van der Waals surface area contributed by atoms with Crippen LogP contribution in [0.15, 0.2) is 47.4 Å². The molecule has 1 unspecified atom stereocenters. The van der Waals surface area contributed by atoms with E-state index in [9.17, 15) is 18.0 Å². The van der Waals surface area contributed by atoms with Gasteiger partial charge in [0.2, 0.25) is 5.91 Å². The van der Waals surface area contributed by atoms with Crippen molar-refractivity contribution in [2.24, 2.45) is 0 Å². The fourth-order valence-corrected chi connectivity index (χ4v) is 2.82. The summed E-state index contributed by atoms with van der Waals surface area (Å²) in [6, 6.07) is 9.19. The van der Waals surface area contributed by atoms with Crippen LogP contribution in [0.4, 0.5) is 13.2 Å². The standard InChI is InChI=1S/C17H16F3NOS/c1-11(12-2-7-15(19)16(20)10-12)21-17(22)8-9-23-14-5-3-13(18)4-6-14/h2-7,10-11H,8-9H2,1H3,(H,21,22). The molecule has 0 saturated carbocycles. The van der Waals surface area contributed by atoms with Gasteiger partial charge in [0.1, 0.15) is 5.82 Å². The summed E-state index contributed by atoms with van der Waals surface area (Å²) in [5.74, 6) is -1.79. The Morgan fingerprint density at radius 3 is 2.43 bits per heavy atom. The highest BCUT2D eigenvalue weighted by atomic mass is 32.2. The molecule has 0 aliphatic rings. The zero-order chi connectivity index (χ0) is 16.8. The van der Waals surface area contributed by atoms with Crippen LogP contribution in [0.25, 0.3) is 0 Å². The predicted octanol–water partition coefficient (Wildman–Crippen LogP) is 4.46. The average molecular weight is 339 g/mol. The third-order valence-electron chi connectivity index (χ3n) is 3.23. The van der Waals surface area contributed by atoms with Gasteiger partial charge in [-0.2, -0.15) is 0 Å². The van der Waals surface area contributed by atoms with E-state index in [1.165, 1.54) is 30.0 Å². The predicted molar refractivity (Wildman–Crippen MR) is 84.7 cm³/mol. The van der Waals surface area contributed by atoms with Crippen LogP contribution < -0.4 is 5.32 Å². The highest BCUT2D eigenvalue weighted by Gasteiger charge is 2.12. The molecule has 122 valence electrons. The summed E-state index contributed by atoms with van der Waals surface area (Å²) < 4.78 is 38.8. The third kappa shape index (κ3) is 5.32. The van der Waals surface area contributed by atoms with Crippen molar-refractivity contribution in [1.29, 1.82) is 0 Å². The van der Waals surface area contributed by atoms with Crippen molar-refractivity contribution in [1.82, 2.24) is 5.32 Å². The molecule has 0 aliphatic heterocycles. The molecule has 2 aromatic rings. The van der Waals surface area contributed by atoms with Crippen LogP contribution in [0.3, 0.4) is 0 Å². The lowest BCUT2D eigenvalue weighted by Gasteiger charge is -2.14. The molecule has 0 aromatic heterocycles. The molecule has 0 spiro atoms. The maximum Gasteiger partial charge on any atom is 0.221 e. The lowest BCUT2D eigenvalue weighted by molar-refractivity contribution is -0.121. The van der Waals surface area contributed by atoms with Gasteiger partial charge in [-0.1, -0.05) is 6.07 Å². The van der Waals surface area contributed by atoms with Gasteiger partial charge in [0.05, 0.1) is 6.04 Å². The molecule has 6 heteroatoms. The van der Waals surface area contributed by atoms with Crippen LogP contribution in [0.2, 0.25) is 0 Å². The molecule has 2 rings (SSSR count). The largest absolute Gasteiger partial charge is 0.350 e. The van der Waals surface area contributed by atoms with Crippen LogP contribution in [-0.4, -0.2) is 11.7 Å². The quantitative estimate of drug-likeness (QED) is 0.787. The molecule has 23 heavy (non-hydrogen) atoms. The van der Waals surface area contributed by atoms with Crippen LogP contribution in [0.1, 0.15) is 24.9 Å². The summed E-state index contributed by atoms with van der Waals surface area (Å²) >= 11 is 1.45. The summed E-state index contributed by atoms with van der Waals surface area (Å²) in [6.45, 7) is 1.71. The molecule has 0 aliphatic carbocycles. The molecule has 2 aromatic carbocycles. The van der Waals surface area contributed by atoms with Gasteiger partial charge in [-0.15, -0.1) is 11.8 Å². The zero-order valence-corrected chi connectivity index (χ0v) is 13.3. The first-order chi connectivity index (χ1) is 11.0. The second-order valence-corrected chi connectivity index (χ2v) is 6.18. The number of amides is 1. The minimum absolute atomic E-state index is 0.183. The Morgan fingerprint density at radius 2 is 1.78 bits per heavy atom. The lowest BCUT2D eigenvalue weighted by Crippen LogP contribution is -2.26. The number of thioether (sulfide) groups is 1. The van der Waals surface area contributed by atoms with Gasteiger partial charge in [-0.3, -0.25) is 4.79 Å². The van der Waals surface area contributed by atoms with E-state index in [4.69, 9.17) is 0 Å². The van der Waals surface area contributed by atoms with Crippen LogP contribution in [0.5, 0.6) is 0 Å². The van der Waals surface area contributed by atoms with Crippen molar-refractivity contribution >= 4 is 17.7 Å². The third-order valence-corrected chi connectivity index (χ3v) is 4.25. The van der Waals surface area contributed by atoms with E-state index in [1.54, 1.807) is 19.1 Å². The van der Waals surface area contributed by atoms with E-state index >= 15 is 0 Å². The van der Waals surface area contributed by atoms with Crippen LogP contribution in [-0.2, 0) is 4.79 Å². The number of rotatable bonds is 6. The second-order valence-electron chi connectivity index (χ2n) is 5.02. The molecule has 0 saturated heterocycles. The van der Waals surface area contributed by atoms with Gasteiger partial charge >= 0.3 is 0 Å². The number of nitrogens with one attached hydrogen (secondary N) is 1. The Hall–Kier alpha value is -1.95. The molecular weight excluding hydrogens is 323 g/mol. The average Bonchev–Trinajstić information content (AvgIpc) is 2.52. The minimum Gasteiger partial charge on any atom is -0.350 e. The van der Waals surface area contributed by atoms with Gasteiger partial charge in [-0.05, 0) is 48.9 Å². The van der Waals surface area contributed by atoms with Gasteiger partial charge in [0.25, 0.3) is 0 Å². The highest BCUT2D eigenvalue weighted by Crippen LogP contribution is 2.20. The maximum atomic E-state index is 13.2. The number of carbonyl (C=O) groups excluding carboxylic acids is 1. The van der Waals surface area contributed by atoms with E-state index in [2.05, 4.69) is 5.32 Å². The summed E-state index contributed by atoms with van der Waals surface area (Å²) in [5, 5.41) is 2.74. The second kappa shape index (κ2) is 8.06. The van der Waals surface area contributed by atoms with Crippen molar-refractivity contribution in [2.75, 3.05) is 5.75 Å². The molecular formula is C17H16F3NOS. The van der Waals surface area contributed by atoms with Crippen LogP contribution >= 0.6 is 11.8 Å². The fourth-order valence-electron chi connectivity index (χ4n) is 1.97. The Labute approximate surface area is 137 Å². The molecule has 1 atom stereocenters. The molecule has 1 amide bonds. The van der Waals surface area contributed by atoms with Gasteiger partial charge in [-0.25, -0.2) is 13.2 Å². The van der Waals surface area contributed by atoms with Gasteiger partial charge < -0.3 is 5.32 Å². The van der Waals surface area contributed by atoms with Crippen molar-refractivity contribution in [3.05, 3.63) is 65.5 Å². The minimum atomic E-state index is -0.935. The normalized spacial score (nSPS) is 12.0. The summed E-state index contributed by atoms with van der Waals surface area (Å²) in [7, 11) is 0. The topological polar surface area (TPSA) is 29.1 Å². The van der Waals surface area contributed by atoms with Crippen molar-refractivity contribution in [2.45, 2.75) is 24.3 Å². The Kier molecular flexibility index (Phi) is 6.10. The molecule has 2 nitrogen and oxygen atoms in total. The monoisotopic (exact) mass is 339 g/mol. The Balaban J connectivity index is 1.79. The summed E-state index contributed by atoms with van der Waals surface area (Å²) in [5.41, 5.74) is 0.503. The maximum absolute atomic E-state index is 13.2. The summed E-state index contributed by atoms with van der Waals surface area (Å²) in [4.78, 5) is 12.8. The van der Waals surface area contributed by atoms with Crippen molar-refractivity contribution in [3.63, 3.8) is 0 Å². The molecule has 0 fully saturated rings. The molecule has 0 bridgehead atoms. The van der Waals surface area contributed by atoms with E-state index in [0.29, 0.717) is 11.3 Å². The highest BCUT2D eigenvalue weighted by molar-refractivity contribution is 7.99. The smallest absolute Gasteiger partial charge is 0.221 e. The Bertz CT molecular complexity index is 676. The van der Waals surface area contributed by atoms with E-state index in [0.717, 1.165) is 17.0 Å². The van der Waals surface area contributed by atoms with Gasteiger partial charge in [0.15, 0.2) is 11.6 Å². The van der Waals surface area contributed by atoms with Crippen molar-refractivity contribution in [3.8, 4) is 0 Å².